The zero-order chi connectivity index (χ0) is 13.1. The molecule has 2 aromatic carbocycles. The van der Waals surface area contributed by atoms with Gasteiger partial charge in [-0.25, -0.2) is 4.98 Å². The largest absolute Gasteiger partial charge is 0.324 e. The van der Waals surface area contributed by atoms with Gasteiger partial charge < -0.3 is 4.57 Å². The van der Waals surface area contributed by atoms with Crippen molar-refractivity contribution >= 4 is 22.6 Å². The number of hydrogen-bond donors (Lipinski definition) is 0. The molecule has 0 saturated carbocycles. The Balaban J connectivity index is 2.17. The van der Waals surface area contributed by atoms with Gasteiger partial charge in [-0.1, -0.05) is 42.5 Å². The molecule has 0 radical (unpaired) electrons. The molecule has 0 fully saturated rings. The van der Waals surface area contributed by atoms with E-state index in [-0.39, 0.29) is 0 Å². The number of aromatic nitrogens is 2. The van der Waals surface area contributed by atoms with Crippen molar-refractivity contribution in [2.24, 2.45) is 0 Å². The summed E-state index contributed by atoms with van der Waals surface area (Å²) in [6, 6.07) is 18.5. The minimum atomic E-state index is 0.667. The number of alkyl halides is 1. The van der Waals surface area contributed by atoms with E-state index in [1.54, 1.807) is 0 Å². The smallest absolute Gasteiger partial charge is 0.141 e. The second-order valence-electron chi connectivity index (χ2n) is 4.48. The van der Waals surface area contributed by atoms with Crippen molar-refractivity contribution in [3.05, 3.63) is 54.6 Å². The third-order valence-corrected chi connectivity index (χ3v) is 3.47. The number of para-hydroxylation sites is 2. The van der Waals surface area contributed by atoms with E-state index in [4.69, 9.17) is 16.6 Å². The minimum absolute atomic E-state index is 0.667. The number of benzene rings is 2. The number of hydrogen-bond acceptors (Lipinski definition) is 1. The summed E-state index contributed by atoms with van der Waals surface area (Å²) in [5, 5.41) is 0. The topological polar surface area (TPSA) is 17.8 Å². The van der Waals surface area contributed by atoms with E-state index in [0.29, 0.717) is 5.88 Å². The molecular formula is C16H15ClN2. The Morgan fingerprint density at radius 3 is 2.47 bits per heavy atom. The van der Waals surface area contributed by atoms with Gasteiger partial charge in [0.1, 0.15) is 5.82 Å². The fraction of sp³-hybridized carbons (Fsp3) is 0.188. The van der Waals surface area contributed by atoms with Crippen LogP contribution in [0.2, 0.25) is 0 Å². The fourth-order valence-electron chi connectivity index (χ4n) is 2.33. The second kappa shape index (κ2) is 5.45. The molecule has 1 heterocycles. The highest BCUT2D eigenvalue weighted by atomic mass is 35.5. The SMILES string of the molecule is ClCCCn1c(-c2ccccc2)nc2ccccc21. The lowest BCUT2D eigenvalue weighted by molar-refractivity contribution is 0.708. The van der Waals surface area contributed by atoms with Crippen molar-refractivity contribution in [3.8, 4) is 11.4 Å². The molecule has 0 spiro atoms. The van der Waals surface area contributed by atoms with Crippen LogP contribution >= 0.6 is 11.6 Å². The molecule has 3 aromatic rings. The third kappa shape index (κ3) is 2.36. The van der Waals surface area contributed by atoms with Crippen molar-refractivity contribution in [3.63, 3.8) is 0 Å². The molecule has 0 aliphatic heterocycles. The molecule has 3 rings (SSSR count). The Hall–Kier alpha value is -1.80. The predicted molar refractivity (Wildman–Crippen MR) is 80.5 cm³/mol. The lowest BCUT2D eigenvalue weighted by Gasteiger charge is -2.08. The van der Waals surface area contributed by atoms with Crippen LogP contribution in [-0.4, -0.2) is 15.4 Å². The quantitative estimate of drug-likeness (QED) is 0.645. The van der Waals surface area contributed by atoms with E-state index in [2.05, 4.69) is 34.9 Å². The third-order valence-electron chi connectivity index (χ3n) is 3.20. The summed E-state index contributed by atoms with van der Waals surface area (Å²) in [4.78, 5) is 4.76. The highest BCUT2D eigenvalue weighted by molar-refractivity contribution is 6.17. The van der Waals surface area contributed by atoms with Crippen LogP contribution in [0.4, 0.5) is 0 Å². The number of fused-ring (bicyclic) bond motifs is 1. The van der Waals surface area contributed by atoms with Gasteiger partial charge in [-0.3, -0.25) is 0 Å². The van der Waals surface area contributed by atoms with E-state index in [1.165, 1.54) is 5.52 Å². The Kier molecular flexibility index (Phi) is 3.51. The summed E-state index contributed by atoms with van der Waals surface area (Å²) in [5.74, 6) is 1.69. The summed E-state index contributed by atoms with van der Waals surface area (Å²) >= 11 is 5.83. The van der Waals surface area contributed by atoms with Crippen LogP contribution in [0, 0.1) is 0 Å². The average Bonchev–Trinajstić information content (AvgIpc) is 2.85. The van der Waals surface area contributed by atoms with Crippen molar-refractivity contribution < 1.29 is 0 Å². The standard InChI is InChI=1S/C16H15ClN2/c17-11-6-12-19-15-10-5-4-9-14(15)18-16(19)13-7-2-1-3-8-13/h1-5,7-10H,6,11-12H2. The van der Waals surface area contributed by atoms with Crippen LogP contribution in [0.15, 0.2) is 54.6 Å². The van der Waals surface area contributed by atoms with Crippen LogP contribution in [0.1, 0.15) is 6.42 Å². The maximum Gasteiger partial charge on any atom is 0.141 e. The molecule has 1 aromatic heterocycles. The van der Waals surface area contributed by atoms with E-state index in [1.807, 2.05) is 24.3 Å². The van der Waals surface area contributed by atoms with Crippen molar-refractivity contribution in [1.82, 2.24) is 9.55 Å². The first kappa shape index (κ1) is 12.2. The van der Waals surface area contributed by atoms with Gasteiger partial charge >= 0.3 is 0 Å². The van der Waals surface area contributed by atoms with Gasteiger partial charge in [0.05, 0.1) is 11.0 Å². The lowest BCUT2D eigenvalue weighted by atomic mass is 10.2. The maximum absolute atomic E-state index is 5.83. The van der Waals surface area contributed by atoms with Crippen LogP contribution in [0.5, 0.6) is 0 Å². The molecule has 0 atom stereocenters. The van der Waals surface area contributed by atoms with Crippen LogP contribution in [0.3, 0.4) is 0 Å². The molecule has 0 N–H and O–H groups in total. The molecule has 0 bridgehead atoms. The van der Waals surface area contributed by atoms with Crippen LogP contribution in [0.25, 0.3) is 22.4 Å². The Labute approximate surface area is 117 Å². The molecule has 2 nitrogen and oxygen atoms in total. The summed E-state index contributed by atoms with van der Waals surface area (Å²) in [6.07, 6.45) is 0.946. The van der Waals surface area contributed by atoms with Gasteiger partial charge in [-0.05, 0) is 18.6 Å². The zero-order valence-electron chi connectivity index (χ0n) is 10.6. The summed E-state index contributed by atoms with van der Waals surface area (Å²) in [7, 11) is 0. The number of halogens is 1. The Morgan fingerprint density at radius 2 is 1.68 bits per heavy atom. The van der Waals surface area contributed by atoms with Gasteiger partial charge in [0, 0.05) is 18.0 Å². The molecule has 19 heavy (non-hydrogen) atoms. The van der Waals surface area contributed by atoms with E-state index < -0.39 is 0 Å². The van der Waals surface area contributed by atoms with E-state index >= 15 is 0 Å². The monoisotopic (exact) mass is 270 g/mol. The summed E-state index contributed by atoms with van der Waals surface area (Å²) in [6.45, 7) is 0.897. The highest BCUT2D eigenvalue weighted by Gasteiger charge is 2.11. The first-order valence-electron chi connectivity index (χ1n) is 6.47. The number of rotatable bonds is 4. The summed E-state index contributed by atoms with van der Waals surface area (Å²) < 4.78 is 2.26. The number of nitrogens with zero attached hydrogens (tertiary/aromatic N) is 2. The highest BCUT2D eigenvalue weighted by Crippen LogP contribution is 2.24. The minimum Gasteiger partial charge on any atom is -0.324 e. The molecule has 0 aliphatic carbocycles. The predicted octanol–water partition coefficient (Wildman–Crippen LogP) is 4.33. The molecule has 3 heteroatoms. The second-order valence-corrected chi connectivity index (χ2v) is 4.86. The van der Waals surface area contributed by atoms with E-state index in [0.717, 1.165) is 29.9 Å². The average molecular weight is 271 g/mol. The van der Waals surface area contributed by atoms with E-state index in [9.17, 15) is 0 Å². The van der Waals surface area contributed by atoms with Crippen molar-refractivity contribution in [2.45, 2.75) is 13.0 Å². The maximum atomic E-state index is 5.83. The molecule has 0 saturated heterocycles. The fourth-order valence-corrected chi connectivity index (χ4v) is 2.45. The van der Waals surface area contributed by atoms with Gasteiger partial charge in [0.15, 0.2) is 0 Å². The van der Waals surface area contributed by atoms with Crippen molar-refractivity contribution in [2.75, 3.05) is 5.88 Å². The lowest BCUT2D eigenvalue weighted by Crippen LogP contribution is -2.01. The number of aryl methyl sites for hydroxylation is 1. The first-order valence-corrected chi connectivity index (χ1v) is 7.00. The van der Waals surface area contributed by atoms with Gasteiger partial charge in [0.25, 0.3) is 0 Å². The van der Waals surface area contributed by atoms with Gasteiger partial charge in [0.2, 0.25) is 0 Å². The van der Waals surface area contributed by atoms with Crippen LogP contribution in [-0.2, 0) is 6.54 Å². The molecule has 0 aliphatic rings. The zero-order valence-corrected chi connectivity index (χ0v) is 11.3. The molecule has 0 amide bonds. The van der Waals surface area contributed by atoms with Crippen molar-refractivity contribution in [1.29, 1.82) is 0 Å². The van der Waals surface area contributed by atoms with Gasteiger partial charge in [-0.2, -0.15) is 0 Å². The summed E-state index contributed by atoms with van der Waals surface area (Å²) in [5.41, 5.74) is 3.36. The molecule has 96 valence electrons. The van der Waals surface area contributed by atoms with Crippen LogP contribution < -0.4 is 0 Å². The normalized spacial score (nSPS) is 11.0. The first-order chi connectivity index (χ1) is 9.40. The molecule has 0 unspecified atom stereocenters. The number of imidazole rings is 1. The Morgan fingerprint density at radius 1 is 0.947 bits per heavy atom. The molecular weight excluding hydrogens is 256 g/mol. The van der Waals surface area contributed by atoms with Gasteiger partial charge in [-0.15, -0.1) is 11.6 Å². The Bertz CT molecular complexity index is 674.